The molecular formula is C15H19N3O3. The topological polar surface area (TPSA) is 65.4 Å². The van der Waals surface area contributed by atoms with E-state index in [1.807, 2.05) is 18.2 Å². The smallest absolute Gasteiger partial charge is 0.225 e. The van der Waals surface area contributed by atoms with E-state index in [9.17, 15) is 4.79 Å². The molecule has 0 aliphatic rings. The van der Waals surface area contributed by atoms with Crippen molar-refractivity contribution in [1.29, 1.82) is 0 Å². The average Bonchev–Trinajstić information content (AvgIpc) is 2.90. The molecule has 0 atom stereocenters. The minimum atomic E-state index is -0.0478. The Bertz CT molecular complexity index is 622. The van der Waals surface area contributed by atoms with E-state index < -0.39 is 0 Å². The van der Waals surface area contributed by atoms with Crippen LogP contribution >= 0.6 is 0 Å². The molecule has 0 fully saturated rings. The Morgan fingerprint density at radius 1 is 1.24 bits per heavy atom. The van der Waals surface area contributed by atoms with Gasteiger partial charge in [0.2, 0.25) is 5.91 Å². The molecule has 0 radical (unpaired) electrons. The van der Waals surface area contributed by atoms with Crippen molar-refractivity contribution in [2.45, 2.75) is 12.8 Å². The highest BCUT2D eigenvalue weighted by atomic mass is 16.5. The van der Waals surface area contributed by atoms with Gasteiger partial charge < -0.3 is 14.8 Å². The van der Waals surface area contributed by atoms with Crippen molar-refractivity contribution < 1.29 is 14.3 Å². The highest BCUT2D eigenvalue weighted by Crippen LogP contribution is 2.27. The number of amides is 1. The van der Waals surface area contributed by atoms with E-state index >= 15 is 0 Å². The van der Waals surface area contributed by atoms with Crippen LogP contribution in [0.4, 0.5) is 5.82 Å². The molecule has 1 aromatic heterocycles. The fourth-order valence-corrected chi connectivity index (χ4v) is 2.00. The van der Waals surface area contributed by atoms with Crippen LogP contribution in [0.1, 0.15) is 12.0 Å². The predicted octanol–water partition coefficient (Wildman–Crippen LogP) is 2.01. The van der Waals surface area contributed by atoms with Crippen LogP contribution in [0, 0.1) is 0 Å². The Labute approximate surface area is 123 Å². The van der Waals surface area contributed by atoms with Crippen LogP contribution in [0.15, 0.2) is 30.5 Å². The largest absolute Gasteiger partial charge is 0.493 e. The maximum absolute atomic E-state index is 11.9. The lowest BCUT2D eigenvalue weighted by Crippen LogP contribution is -2.14. The van der Waals surface area contributed by atoms with Crippen molar-refractivity contribution in [3.8, 4) is 11.5 Å². The molecule has 1 N–H and O–H groups in total. The van der Waals surface area contributed by atoms with Crippen molar-refractivity contribution in [3.05, 3.63) is 36.0 Å². The van der Waals surface area contributed by atoms with Gasteiger partial charge in [-0.05, 0) is 24.1 Å². The third-order valence-corrected chi connectivity index (χ3v) is 3.18. The number of aryl methyl sites for hydroxylation is 2. The molecule has 0 aliphatic heterocycles. The van der Waals surface area contributed by atoms with Gasteiger partial charge in [-0.25, -0.2) is 0 Å². The van der Waals surface area contributed by atoms with Gasteiger partial charge in [0.1, 0.15) is 5.82 Å². The molecule has 6 heteroatoms. The van der Waals surface area contributed by atoms with E-state index in [4.69, 9.17) is 9.47 Å². The number of hydrogen-bond donors (Lipinski definition) is 1. The SMILES string of the molecule is COc1ccc(CCC(=O)Nc2ccnn2C)cc1OC. The minimum Gasteiger partial charge on any atom is -0.493 e. The molecule has 2 aromatic rings. The summed E-state index contributed by atoms with van der Waals surface area (Å²) in [6, 6.07) is 7.41. The summed E-state index contributed by atoms with van der Waals surface area (Å²) in [5.74, 6) is 1.99. The summed E-state index contributed by atoms with van der Waals surface area (Å²) in [6.07, 6.45) is 2.66. The Morgan fingerprint density at radius 2 is 2.00 bits per heavy atom. The average molecular weight is 289 g/mol. The first-order chi connectivity index (χ1) is 10.1. The summed E-state index contributed by atoms with van der Waals surface area (Å²) in [4.78, 5) is 11.9. The van der Waals surface area contributed by atoms with Gasteiger partial charge in [0.15, 0.2) is 11.5 Å². The molecule has 0 unspecified atom stereocenters. The number of benzene rings is 1. The Hall–Kier alpha value is -2.50. The normalized spacial score (nSPS) is 10.2. The number of rotatable bonds is 6. The highest BCUT2D eigenvalue weighted by molar-refractivity contribution is 5.89. The van der Waals surface area contributed by atoms with E-state index in [1.54, 1.807) is 38.2 Å². The van der Waals surface area contributed by atoms with Gasteiger partial charge in [-0.3, -0.25) is 9.48 Å². The third kappa shape index (κ3) is 3.75. The van der Waals surface area contributed by atoms with E-state index in [1.165, 1.54) is 0 Å². The van der Waals surface area contributed by atoms with E-state index in [0.29, 0.717) is 30.2 Å². The van der Waals surface area contributed by atoms with Crippen LogP contribution in [-0.4, -0.2) is 29.9 Å². The molecule has 1 aromatic carbocycles. The molecule has 0 saturated carbocycles. The van der Waals surface area contributed by atoms with Crippen LogP contribution < -0.4 is 14.8 Å². The lowest BCUT2D eigenvalue weighted by atomic mass is 10.1. The number of aromatic nitrogens is 2. The molecule has 21 heavy (non-hydrogen) atoms. The number of ether oxygens (including phenoxy) is 2. The van der Waals surface area contributed by atoms with Crippen molar-refractivity contribution in [1.82, 2.24) is 9.78 Å². The maximum Gasteiger partial charge on any atom is 0.225 e. The molecule has 6 nitrogen and oxygen atoms in total. The molecule has 0 aliphatic carbocycles. The number of nitrogens with zero attached hydrogens (tertiary/aromatic N) is 2. The number of nitrogens with one attached hydrogen (secondary N) is 1. The first-order valence-electron chi connectivity index (χ1n) is 6.63. The molecule has 112 valence electrons. The molecule has 1 amide bonds. The van der Waals surface area contributed by atoms with Crippen molar-refractivity contribution in [2.24, 2.45) is 7.05 Å². The van der Waals surface area contributed by atoms with Crippen molar-refractivity contribution in [3.63, 3.8) is 0 Å². The van der Waals surface area contributed by atoms with Gasteiger partial charge in [-0.1, -0.05) is 6.07 Å². The zero-order valence-electron chi connectivity index (χ0n) is 12.4. The summed E-state index contributed by atoms with van der Waals surface area (Å²) < 4.78 is 12.1. The minimum absolute atomic E-state index is 0.0478. The van der Waals surface area contributed by atoms with Crippen molar-refractivity contribution >= 4 is 11.7 Å². The number of anilines is 1. The Kier molecular flexibility index (Phi) is 4.81. The Balaban J connectivity index is 1.93. The molecule has 1 heterocycles. The summed E-state index contributed by atoms with van der Waals surface area (Å²) >= 11 is 0. The summed E-state index contributed by atoms with van der Waals surface area (Å²) in [5.41, 5.74) is 1.02. The van der Waals surface area contributed by atoms with Gasteiger partial charge >= 0.3 is 0 Å². The van der Waals surface area contributed by atoms with Gasteiger partial charge in [0.25, 0.3) is 0 Å². The van der Waals surface area contributed by atoms with Crippen LogP contribution in [-0.2, 0) is 18.3 Å². The second kappa shape index (κ2) is 6.78. The Morgan fingerprint density at radius 3 is 2.62 bits per heavy atom. The number of carbonyl (C=O) groups is 1. The summed E-state index contributed by atoms with van der Waals surface area (Å²) in [6.45, 7) is 0. The van der Waals surface area contributed by atoms with Crippen LogP contribution in [0.25, 0.3) is 0 Å². The molecular weight excluding hydrogens is 270 g/mol. The lowest BCUT2D eigenvalue weighted by molar-refractivity contribution is -0.116. The fourth-order valence-electron chi connectivity index (χ4n) is 2.00. The standard InChI is InChI=1S/C15H19N3O3/c1-18-14(8-9-16-18)17-15(19)7-5-11-4-6-12(20-2)13(10-11)21-3/h4,6,8-10H,5,7H2,1-3H3,(H,17,19). The zero-order valence-corrected chi connectivity index (χ0v) is 12.4. The summed E-state index contributed by atoms with van der Waals surface area (Å²) in [5, 5.41) is 6.82. The van der Waals surface area contributed by atoms with Gasteiger partial charge in [0, 0.05) is 19.5 Å². The van der Waals surface area contributed by atoms with Crippen molar-refractivity contribution in [2.75, 3.05) is 19.5 Å². The van der Waals surface area contributed by atoms with E-state index in [2.05, 4.69) is 10.4 Å². The third-order valence-electron chi connectivity index (χ3n) is 3.18. The molecule has 0 bridgehead atoms. The van der Waals surface area contributed by atoms with Gasteiger partial charge in [-0.2, -0.15) is 5.10 Å². The van der Waals surface area contributed by atoms with E-state index in [-0.39, 0.29) is 5.91 Å². The fraction of sp³-hybridized carbons (Fsp3) is 0.333. The molecule has 0 saturated heterocycles. The maximum atomic E-state index is 11.9. The van der Waals surface area contributed by atoms with Crippen LogP contribution in [0.5, 0.6) is 11.5 Å². The second-order valence-corrected chi connectivity index (χ2v) is 4.58. The van der Waals surface area contributed by atoms with Crippen LogP contribution in [0.2, 0.25) is 0 Å². The second-order valence-electron chi connectivity index (χ2n) is 4.58. The highest BCUT2D eigenvalue weighted by Gasteiger charge is 2.08. The predicted molar refractivity (Wildman–Crippen MR) is 79.7 cm³/mol. The number of carbonyl (C=O) groups excluding carboxylic acids is 1. The van der Waals surface area contributed by atoms with Crippen LogP contribution in [0.3, 0.4) is 0 Å². The first-order valence-corrected chi connectivity index (χ1v) is 6.63. The quantitative estimate of drug-likeness (QED) is 0.883. The van der Waals surface area contributed by atoms with E-state index in [0.717, 1.165) is 5.56 Å². The summed E-state index contributed by atoms with van der Waals surface area (Å²) in [7, 11) is 4.97. The number of hydrogen-bond acceptors (Lipinski definition) is 4. The molecule has 2 rings (SSSR count). The monoisotopic (exact) mass is 289 g/mol. The van der Waals surface area contributed by atoms with Gasteiger partial charge in [-0.15, -0.1) is 0 Å². The number of methoxy groups -OCH3 is 2. The van der Waals surface area contributed by atoms with Gasteiger partial charge in [0.05, 0.1) is 20.4 Å². The lowest BCUT2D eigenvalue weighted by Gasteiger charge is -2.09. The molecule has 0 spiro atoms. The zero-order chi connectivity index (χ0) is 15.2. The first kappa shape index (κ1) is 14.9.